The lowest BCUT2D eigenvalue weighted by Gasteiger charge is -2.54. The third-order valence-electron chi connectivity index (χ3n) is 5.49. The average molecular weight is 382 g/mol. The Morgan fingerprint density at radius 1 is 0.875 bits per heavy atom. The number of sulfonamides is 1. The van der Waals surface area contributed by atoms with Gasteiger partial charge in [0.25, 0.3) is 10.2 Å². The molecule has 1 aliphatic heterocycles. The van der Waals surface area contributed by atoms with Crippen molar-refractivity contribution in [3.05, 3.63) is 0 Å². The molecule has 2 fully saturated rings. The summed E-state index contributed by atoms with van der Waals surface area (Å²) in [7, 11) is -5.99. The average Bonchev–Trinajstić information content (AvgIpc) is 2.44. The minimum Gasteiger partial charge on any atom is -0.293 e. The van der Waals surface area contributed by atoms with Crippen molar-refractivity contribution in [3.8, 4) is 0 Å². The summed E-state index contributed by atoms with van der Waals surface area (Å²) in [4.78, 5) is 2.14. The second kappa shape index (κ2) is 6.50. The van der Waals surface area contributed by atoms with Crippen molar-refractivity contribution >= 4 is 20.2 Å². The maximum atomic E-state index is 12.7. The van der Waals surface area contributed by atoms with Gasteiger partial charge in [-0.05, 0) is 47.6 Å². The molecule has 0 spiro atoms. The predicted octanol–water partition coefficient (Wildman–Crippen LogP) is 1.29. The Bertz CT molecular complexity index is 647. The van der Waals surface area contributed by atoms with E-state index in [-0.39, 0.29) is 24.2 Å². The smallest absolute Gasteiger partial charge is 0.292 e. The molecule has 1 aliphatic carbocycles. The van der Waals surface area contributed by atoms with E-state index in [4.69, 9.17) is 0 Å². The van der Waals surface area contributed by atoms with Gasteiger partial charge in [0.15, 0.2) is 0 Å². The molecular formula is C15H31N3O4S2. The van der Waals surface area contributed by atoms with Gasteiger partial charge in [-0.15, -0.1) is 0 Å². The molecule has 24 heavy (non-hydrogen) atoms. The zero-order valence-corrected chi connectivity index (χ0v) is 17.0. The molecule has 9 heteroatoms. The number of hydrogen-bond donors (Lipinski definition) is 1. The maximum absolute atomic E-state index is 12.7. The van der Waals surface area contributed by atoms with E-state index in [0.29, 0.717) is 12.8 Å². The molecule has 0 aromatic carbocycles. The fourth-order valence-corrected chi connectivity index (χ4v) is 7.83. The first-order valence-corrected chi connectivity index (χ1v) is 11.5. The molecule has 142 valence electrons. The van der Waals surface area contributed by atoms with Crippen LogP contribution in [-0.4, -0.2) is 62.5 Å². The molecule has 0 radical (unpaired) electrons. The number of nitrogens with zero attached hydrogens (tertiary/aromatic N) is 2. The fraction of sp³-hybridized carbons (Fsp3) is 1.00. The van der Waals surface area contributed by atoms with Gasteiger partial charge in [0.1, 0.15) is 0 Å². The van der Waals surface area contributed by atoms with Crippen LogP contribution in [0.1, 0.15) is 59.8 Å². The second-order valence-electron chi connectivity index (χ2n) is 8.35. The summed E-state index contributed by atoms with van der Waals surface area (Å²) in [6.07, 6.45) is 3.75. The van der Waals surface area contributed by atoms with E-state index in [2.05, 4.69) is 4.90 Å². The molecule has 2 aliphatic rings. The normalized spacial score (nSPS) is 27.2. The molecule has 0 bridgehead atoms. The third-order valence-corrected chi connectivity index (χ3v) is 9.55. The van der Waals surface area contributed by atoms with Crippen molar-refractivity contribution in [1.82, 2.24) is 13.3 Å². The molecule has 7 nitrogen and oxygen atoms in total. The standard InChI is InChI=1S/C15H31N3O4S2/c1-14(2)11-18(12-15(3,4)17(14)5)24(21,22)16-23(19,20)13-9-7-6-8-10-13/h13,16H,6-12H2,1-5H3. The minimum atomic E-state index is -4.09. The lowest BCUT2D eigenvalue weighted by Crippen LogP contribution is -2.69. The van der Waals surface area contributed by atoms with Crippen LogP contribution in [0.2, 0.25) is 0 Å². The zero-order chi connectivity index (χ0) is 18.4. The quantitative estimate of drug-likeness (QED) is 0.793. The van der Waals surface area contributed by atoms with Crippen LogP contribution in [0.25, 0.3) is 0 Å². The summed E-state index contributed by atoms with van der Waals surface area (Å²) in [6.45, 7) is 8.36. The van der Waals surface area contributed by atoms with Crippen molar-refractivity contribution < 1.29 is 16.8 Å². The summed E-state index contributed by atoms with van der Waals surface area (Å²) in [5.74, 6) is 0. The molecule has 0 atom stereocenters. The monoisotopic (exact) mass is 381 g/mol. The molecule has 1 saturated carbocycles. The molecule has 0 unspecified atom stereocenters. The summed E-state index contributed by atoms with van der Waals surface area (Å²) in [5.41, 5.74) is -0.768. The van der Waals surface area contributed by atoms with Crippen LogP contribution in [-0.2, 0) is 20.2 Å². The van der Waals surface area contributed by atoms with Gasteiger partial charge < -0.3 is 0 Å². The van der Waals surface area contributed by atoms with Crippen LogP contribution in [0.5, 0.6) is 0 Å². The number of piperazine rings is 1. The SMILES string of the molecule is CN1C(C)(C)CN(S(=O)(=O)NS(=O)(=O)C2CCCCC2)CC1(C)C. The van der Waals surface area contributed by atoms with E-state index >= 15 is 0 Å². The van der Waals surface area contributed by atoms with Gasteiger partial charge in [0.2, 0.25) is 10.0 Å². The van der Waals surface area contributed by atoms with Crippen LogP contribution >= 0.6 is 0 Å². The second-order valence-corrected chi connectivity index (χ2v) is 12.2. The third kappa shape index (κ3) is 4.12. The first-order valence-electron chi connectivity index (χ1n) is 8.54. The highest BCUT2D eigenvalue weighted by Crippen LogP contribution is 2.32. The van der Waals surface area contributed by atoms with Crippen LogP contribution < -0.4 is 4.13 Å². The molecule has 1 N–H and O–H groups in total. The molecule has 2 rings (SSSR count). The number of nitrogens with one attached hydrogen (secondary N) is 1. The van der Waals surface area contributed by atoms with Crippen LogP contribution in [0.15, 0.2) is 0 Å². The van der Waals surface area contributed by atoms with E-state index in [9.17, 15) is 16.8 Å². The highest BCUT2D eigenvalue weighted by Gasteiger charge is 2.47. The van der Waals surface area contributed by atoms with Crippen LogP contribution in [0, 0.1) is 0 Å². The Morgan fingerprint density at radius 2 is 1.33 bits per heavy atom. The molecule has 0 aromatic heterocycles. The summed E-state index contributed by atoms with van der Waals surface area (Å²) >= 11 is 0. The van der Waals surface area contributed by atoms with Crippen molar-refractivity contribution in [2.24, 2.45) is 0 Å². The summed E-state index contributed by atoms with van der Waals surface area (Å²) in [5, 5.41) is -0.602. The lowest BCUT2D eigenvalue weighted by atomic mass is 9.90. The van der Waals surface area contributed by atoms with Gasteiger partial charge in [0, 0.05) is 24.2 Å². The Labute approximate surface area is 147 Å². The van der Waals surface area contributed by atoms with Crippen molar-refractivity contribution in [3.63, 3.8) is 0 Å². The first kappa shape index (κ1) is 20.1. The Morgan fingerprint density at radius 3 is 1.79 bits per heavy atom. The molecular weight excluding hydrogens is 350 g/mol. The lowest BCUT2D eigenvalue weighted by molar-refractivity contribution is -0.0211. The summed E-state index contributed by atoms with van der Waals surface area (Å²) < 4.78 is 53.8. The number of likely N-dealkylation sites (N-methyl/N-ethyl adjacent to an activating group) is 1. The van der Waals surface area contributed by atoms with Crippen molar-refractivity contribution in [2.45, 2.75) is 76.1 Å². The van der Waals surface area contributed by atoms with E-state index < -0.39 is 25.5 Å². The van der Waals surface area contributed by atoms with Crippen LogP contribution in [0.3, 0.4) is 0 Å². The Kier molecular flexibility index (Phi) is 5.44. The fourth-order valence-electron chi connectivity index (χ4n) is 3.76. The van der Waals surface area contributed by atoms with Gasteiger partial charge in [-0.1, -0.05) is 23.4 Å². The van der Waals surface area contributed by atoms with E-state index in [1.807, 2.05) is 38.9 Å². The minimum absolute atomic E-state index is 0.252. The van der Waals surface area contributed by atoms with E-state index in [1.165, 1.54) is 4.31 Å². The molecule has 0 amide bonds. The van der Waals surface area contributed by atoms with E-state index in [1.54, 1.807) is 0 Å². The maximum Gasteiger partial charge on any atom is 0.292 e. The predicted molar refractivity (Wildman–Crippen MR) is 95.3 cm³/mol. The molecule has 1 heterocycles. The van der Waals surface area contributed by atoms with Crippen LogP contribution in [0.4, 0.5) is 0 Å². The Hall–Kier alpha value is -0.220. The first-order chi connectivity index (χ1) is 10.8. The topological polar surface area (TPSA) is 86.8 Å². The van der Waals surface area contributed by atoms with Gasteiger partial charge in [-0.25, -0.2) is 8.42 Å². The van der Waals surface area contributed by atoms with Crippen molar-refractivity contribution in [1.29, 1.82) is 0 Å². The largest absolute Gasteiger partial charge is 0.293 e. The molecule has 1 saturated heterocycles. The Balaban J connectivity index is 2.21. The van der Waals surface area contributed by atoms with E-state index in [0.717, 1.165) is 19.3 Å². The zero-order valence-electron chi connectivity index (χ0n) is 15.4. The highest BCUT2D eigenvalue weighted by atomic mass is 32.3. The highest BCUT2D eigenvalue weighted by molar-refractivity contribution is 8.04. The van der Waals surface area contributed by atoms with Gasteiger partial charge >= 0.3 is 0 Å². The molecule has 0 aromatic rings. The van der Waals surface area contributed by atoms with Gasteiger partial charge in [-0.3, -0.25) is 4.90 Å². The number of hydrogen-bond acceptors (Lipinski definition) is 5. The number of rotatable bonds is 4. The van der Waals surface area contributed by atoms with Crippen molar-refractivity contribution in [2.75, 3.05) is 20.1 Å². The summed E-state index contributed by atoms with van der Waals surface area (Å²) in [6, 6.07) is 0. The van der Waals surface area contributed by atoms with Gasteiger partial charge in [0.05, 0.1) is 5.25 Å². The van der Waals surface area contributed by atoms with Gasteiger partial charge in [-0.2, -0.15) is 12.7 Å².